The second-order valence-electron chi connectivity index (χ2n) is 10.6. The maximum atomic E-state index is 13.4. The fraction of sp³-hybridized carbons (Fsp3) is 0.438. The summed E-state index contributed by atoms with van der Waals surface area (Å²) in [6.07, 6.45) is 0.412. The van der Waals surface area contributed by atoms with Gasteiger partial charge in [0.15, 0.2) is 0 Å². The number of ether oxygens (including phenoxy) is 2. The number of para-hydroxylation sites is 2. The van der Waals surface area contributed by atoms with Crippen LogP contribution in [0.25, 0.3) is 0 Å². The van der Waals surface area contributed by atoms with Crippen molar-refractivity contribution in [1.82, 2.24) is 9.80 Å². The Bertz CT molecular complexity index is 1410. The number of thioether (sulfide) groups is 2. The SMILES string of the molecule is CCC(=O)Oc1ccccc1C1SC[C@@H](C(=O)O)N1C(=O)CCSSCCC(=O)N1C(c2ccccc2OC(=O)CC)SC[C@H]1C(=O)O. The normalized spacial score (nSPS) is 20.4. The van der Waals surface area contributed by atoms with Crippen molar-refractivity contribution in [3.8, 4) is 11.5 Å². The molecule has 2 heterocycles. The fourth-order valence-electron chi connectivity index (χ4n) is 5.06. The van der Waals surface area contributed by atoms with Gasteiger partial charge < -0.3 is 29.5 Å². The number of esters is 2. The van der Waals surface area contributed by atoms with E-state index in [-0.39, 0.29) is 60.5 Å². The van der Waals surface area contributed by atoms with E-state index in [1.165, 1.54) is 54.9 Å². The highest BCUT2D eigenvalue weighted by atomic mass is 33.1. The lowest BCUT2D eigenvalue weighted by Gasteiger charge is -2.29. The molecule has 16 heteroatoms. The maximum absolute atomic E-state index is 13.4. The third kappa shape index (κ3) is 9.21. The molecule has 2 fully saturated rings. The first kappa shape index (κ1) is 37.5. The van der Waals surface area contributed by atoms with E-state index in [1.54, 1.807) is 62.4 Å². The van der Waals surface area contributed by atoms with Gasteiger partial charge in [-0.25, -0.2) is 9.59 Å². The largest absolute Gasteiger partial charge is 0.480 e. The third-order valence-electron chi connectivity index (χ3n) is 7.42. The minimum absolute atomic E-state index is 0.0442. The quantitative estimate of drug-likeness (QED) is 0.106. The van der Waals surface area contributed by atoms with Gasteiger partial charge in [0.25, 0.3) is 0 Å². The van der Waals surface area contributed by atoms with Crippen LogP contribution in [0.5, 0.6) is 11.5 Å². The summed E-state index contributed by atoms with van der Waals surface area (Å²) >= 11 is 2.59. The monoisotopic (exact) mass is 736 g/mol. The third-order valence-corrected chi connectivity index (χ3v) is 12.4. The smallest absolute Gasteiger partial charge is 0.327 e. The number of amides is 2. The molecule has 2 saturated heterocycles. The number of carbonyl (C=O) groups is 6. The number of hydrogen-bond acceptors (Lipinski definition) is 12. The number of carboxylic acids is 2. The summed E-state index contributed by atoms with van der Waals surface area (Å²) in [6.45, 7) is 3.33. The van der Waals surface area contributed by atoms with E-state index in [0.717, 1.165) is 0 Å². The van der Waals surface area contributed by atoms with Crippen LogP contribution in [0.1, 0.15) is 61.4 Å². The van der Waals surface area contributed by atoms with Crippen LogP contribution in [0.4, 0.5) is 0 Å². The van der Waals surface area contributed by atoms with E-state index in [0.29, 0.717) is 22.6 Å². The summed E-state index contributed by atoms with van der Waals surface area (Å²) in [6, 6.07) is 11.5. The molecular weight excluding hydrogens is 701 g/mol. The molecule has 2 aliphatic rings. The van der Waals surface area contributed by atoms with E-state index >= 15 is 0 Å². The number of benzene rings is 2. The van der Waals surface area contributed by atoms with Crippen molar-refractivity contribution in [2.75, 3.05) is 23.0 Å². The van der Waals surface area contributed by atoms with Crippen molar-refractivity contribution in [3.05, 3.63) is 59.7 Å². The summed E-state index contributed by atoms with van der Waals surface area (Å²) in [4.78, 5) is 77.6. The molecule has 0 saturated carbocycles. The van der Waals surface area contributed by atoms with Crippen LogP contribution in [0, 0.1) is 0 Å². The van der Waals surface area contributed by atoms with Crippen LogP contribution in [-0.4, -0.2) is 90.8 Å². The van der Waals surface area contributed by atoms with Gasteiger partial charge in [-0.2, -0.15) is 0 Å². The van der Waals surface area contributed by atoms with Crippen molar-refractivity contribution in [3.63, 3.8) is 0 Å². The van der Waals surface area contributed by atoms with E-state index in [1.807, 2.05) is 0 Å². The Morgan fingerprint density at radius 1 is 0.688 bits per heavy atom. The molecule has 2 aliphatic heterocycles. The average Bonchev–Trinajstić information content (AvgIpc) is 3.72. The second kappa shape index (κ2) is 17.9. The Morgan fingerprint density at radius 3 is 1.42 bits per heavy atom. The molecule has 0 aliphatic carbocycles. The lowest BCUT2D eigenvalue weighted by atomic mass is 10.1. The van der Waals surface area contributed by atoms with Crippen LogP contribution in [0.15, 0.2) is 48.5 Å². The van der Waals surface area contributed by atoms with Crippen LogP contribution in [0.3, 0.4) is 0 Å². The Kier molecular flexibility index (Phi) is 14.0. The molecule has 4 rings (SSSR count). The standard InChI is InChI=1S/C32H36N2O10S4/c1-3-27(37)43-23-11-7-5-9-19(23)29-33(21(17-45-29)31(39)40)25(35)13-15-47-48-16-14-26(36)34-22(32(41)42)18-46-30(34)20-10-6-8-12-24(20)44-28(38)4-2/h5-12,21-22,29-30H,3-4,13-18H2,1-2H3,(H,39,40)(H,41,42)/t21-,22-,29?,30?/m0/s1. The second-order valence-corrected chi connectivity index (χ2v) is 15.5. The molecule has 48 heavy (non-hydrogen) atoms. The molecule has 0 bridgehead atoms. The average molecular weight is 737 g/mol. The lowest BCUT2D eigenvalue weighted by Crippen LogP contribution is -2.43. The molecule has 0 spiro atoms. The van der Waals surface area contributed by atoms with Gasteiger partial charge in [0.1, 0.15) is 34.3 Å². The van der Waals surface area contributed by atoms with Gasteiger partial charge in [0.2, 0.25) is 11.8 Å². The van der Waals surface area contributed by atoms with Crippen molar-refractivity contribution < 1.29 is 48.5 Å². The summed E-state index contributed by atoms with van der Waals surface area (Å²) < 4.78 is 10.9. The number of carboxylic acid groups (broad SMARTS) is 2. The predicted octanol–water partition coefficient (Wildman–Crippen LogP) is 5.23. The molecule has 12 nitrogen and oxygen atoms in total. The van der Waals surface area contributed by atoms with Gasteiger partial charge in [-0.15, -0.1) is 23.5 Å². The van der Waals surface area contributed by atoms with Crippen molar-refractivity contribution in [1.29, 1.82) is 0 Å². The topological polar surface area (TPSA) is 168 Å². The number of carbonyl (C=O) groups excluding carboxylic acids is 4. The highest BCUT2D eigenvalue weighted by Gasteiger charge is 2.44. The molecular formula is C32H36N2O10S4. The lowest BCUT2D eigenvalue weighted by molar-refractivity contribution is -0.149. The Balaban J connectivity index is 1.34. The molecule has 0 aromatic heterocycles. The molecule has 2 unspecified atom stereocenters. The van der Waals surface area contributed by atoms with Crippen molar-refractivity contribution >= 4 is 80.8 Å². The number of rotatable bonds is 15. The van der Waals surface area contributed by atoms with E-state index in [2.05, 4.69) is 0 Å². The summed E-state index contributed by atoms with van der Waals surface area (Å²) in [7, 11) is 2.72. The molecule has 4 atom stereocenters. The van der Waals surface area contributed by atoms with E-state index in [4.69, 9.17) is 9.47 Å². The molecule has 2 aromatic rings. The van der Waals surface area contributed by atoms with Gasteiger partial charge in [-0.3, -0.25) is 19.2 Å². The highest BCUT2D eigenvalue weighted by Crippen LogP contribution is 2.46. The first-order chi connectivity index (χ1) is 23.1. The van der Waals surface area contributed by atoms with Crippen LogP contribution in [0.2, 0.25) is 0 Å². The predicted molar refractivity (Wildman–Crippen MR) is 186 cm³/mol. The zero-order chi connectivity index (χ0) is 34.8. The Labute approximate surface area is 294 Å². The number of nitrogens with zero attached hydrogens (tertiary/aromatic N) is 2. The van der Waals surface area contributed by atoms with Crippen molar-refractivity contribution in [2.24, 2.45) is 0 Å². The summed E-state index contributed by atoms with van der Waals surface area (Å²) in [5.74, 6) is -2.20. The highest BCUT2D eigenvalue weighted by molar-refractivity contribution is 8.76. The number of hydrogen-bond donors (Lipinski definition) is 2. The van der Waals surface area contributed by atoms with E-state index < -0.39 is 46.7 Å². The minimum Gasteiger partial charge on any atom is -0.480 e. The minimum atomic E-state index is -1.12. The Morgan fingerprint density at radius 2 is 1.06 bits per heavy atom. The molecule has 2 N–H and O–H groups in total. The fourth-order valence-corrected chi connectivity index (χ4v) is 9.95. The molecule has 0 radical (unpaired) electrons. The van der Waals surface area contributed by atoms with Gasteiger partial charge in [-0.05, 0) is 12.1 Å². The van der Waals surface area contributed by atoms with Crippen molar-refractivity contribution in [2.45, 2.75) is 62.4 Å². The van der Waals surface area contributed by atoms with E-state index in [9.17, 15) is 39.0 Å². The van der Waals surface area contributed by atoms with Gasteiger partial charge >= 0.3 is 23.9 Å². The van der Waals surface area contributed by atoms with Gasteiger partial charge in [0.05, 0.1) is 0 Å². The first-order valence-corrected chi connectivity index (χ1v) is 19.8. The zero-order valence-corrected chi connectivity index (χ0v) is 29.5. The van der Waals surface area contributed by atoms with Crippen LogP contribution < -0.4 is 9.47 Å². The zero-order valence-electron chi connectivity index (χ0n) is 26.3. The Hall–Kier alpha value is -3.34. The van der Waals surface area contributed by atoms with Gasteiger partial charge in [-0.1, -0.05) is 71.8 Å². The van der Waals surface area contributed by atoms with Crippen LogP contribution >= 0.6 is 45.1 Å². The molecule has 2 aromatic carbocycles. The number of aliphatic carboxylic acids is 2. The summed E-state index contributed by atoms with van der Waals surface area (Å²) in [5, 5.41) is 18.4. The van der Waals surface area contributed by atoms with Gasteiger partial charge in [0, 0.05) is 59.8 Å². The molecule has 258 valence electrons. The van der Waals surface area contributed by atoms with Crippen LogP contribution in [-0.2, 0) is 28.8 Å². The molecule has 2 amide bonds. The first-order valence-electron chi connectivity index (χ1n) is 15.2. The summed E-state index contributed by atoms with van der Waals surface area (Å²) in [5.41, 5.74) is 1.09. The maximum Gasteiger partial charge on any atom is 0.327 e.